The molecular formula is C13H21N3O. The minimum absolute atomic E-state index is 0.0594. The molecule has 0 spiro atoms. The second-order valence-corrected chi connectivity index (χ2v) is 5.44. The van der Waals surface area contributed by atoms with Crippen LogP contribution >= 0.6 is 0 Å². The van der Waals surface area contributed by atoms with Crippen molar-refractivity contribution in [3.8, 4) is 0 Å². The summed E-state index contributed by atoms with van der Waals surface area (Å²) in [6, 6.07) is 3.47. The molecule has 1 aromatic rings. The summed E-state index contributed by atoms with van der Waals surface area (Å²) in [5.74, 6) is 0.525. The lowest BCUT2D eigenvalue weighted by molar-refractivity contribution is -0.119. The molecule has 0 aromatic carbocycles. The zero-order chi connectivity index (χ0) is 13.1. The van der Waals surface area contributed by atoms with E-state index in [0.717, 1.165) is 5.56 Å². The molecule has 0 aliphatic carbocycles. The molecule has 0 bridgehead atoms. The van der Waals surface area contributed by atoms with Gasteiger partial charge in [0.2, 0.25) is 0 Å². The number of carbonyl (C=O) groups excluding carboxylic acids is 1. The molecule has 1 rings (SSSR count). The summed E-state index contributed by atoms with van der Waals surface area (Å²) >= 11 is 0. The van der Waals surface area contributed by atoms with E-state index in [1.54, 1.807) is 12.3 Å². The third kappa shape index (κ3) is 4.15. The van der Waals surface area contributed by atoms with Gasteiger partial charge in [-0.1, -0.05) is 26.8 Å². The van der Waals surface area contributed by atoms with Gasteiger partial charge in [0.15, 0.2) is 0 Å². The van der Waals surface area contributed by atoms with E-state index in [2.05, 4.69) is 4.98 Å². The van der Waals surface area contributed by atoms with Crippen LogP contribution in [0.4, 0.5) is 5.82 Å². The standard InChI is InChI=1S/C13H21N3O/c1-13(2,3)11(14)8-10(17)7-9-5-4-6-16-12(9)15/h4-6,11H,7-8,14H2,1-3H3,(H2,15,16). The van der Waals surface area contributed by atoms with E-state index >= 15 is 0 Å². The monoisotopic (exact) mass is 235 g/mol. The van der Waals surface area contributed by atoms with Crippen molar-refractivity contribution in [2.45, 2.75) is 39.7 Å². The van der Waals surface area contributed by atoms with Gasteiger partial charge in [-0.05, 0) is 11.5 Å². The van der Waals surface area contributed by atoms with Crippen molar-refractivity contribution >= 4 is 11.6 Å². The largest absolute Gasteiger partial charge is 0.383 e. The van der Waals surface area contributed by atoms with Gasteiger partial charge in [0.1, 0.15) is 11.6 Å². The molecule has 4 nitrogen and oxygen atoms in total. The number of hydrogen-bond donors (Lipinski definition) is 2. The molecule has 0 amide bonds. The number of hydrogen-bond acceptors (Lipinski definition) is 4. The average Bonchev–Trinajstić information content (AvgIpc) is 2.20. The number of ketones is 1. The van der Waals surface area contributed by atoms with Gasteiger partial charge >= 0.3 is 0 Å². The molecule has 0 fully saturated rings. The highest BCUT2D eigenvalue weighted by Gasteiger charge is 2.23. The lowest BCUT2D eigenvalue weighted by atomic mass is 9.84. The van der Waals surface area contributed by atoms with Crippen LogP contribution in [0.5, 0.6) is 0 Å². The molecule has 1 aromatic heterocycles. The highest BCUT2D eigenvalue weighted by atomic mass is 16.1. The summed E-state index contributed by atoms with van der Waals surface area (Å²) in [5.41, 5.74) is 12.4. The number of anilines is 1. The molecule has 0 saturated heterocycles. The first-order chi connectivity index (χ1) is 7.80. The van der Waals surface area contributed by atoms with E-state index in [-0.39, 0.29) is 17.2 Å². The van der Waals surface area contributed by atoms with E-state index in [4.69, 9.17) is 11.5 Å². The van der Waals surface area contributed by atoms with Crippen LogP contribution < -0.4 is 11.5 Å². The summed E-state index contributed by atoms with van der Waals surface area (Å²) < 4.78 is 0. The summed E-state index contributed by atoms with van der Waals surface area (Å²) in [4.78, 5) is 15.8. The summed E-state index contributed by atoms with van der Waals surface area (Å²) in [7, 11) is 0. The van der Waals surface area contributed by atoms with Gasteiger partial charge in [-0.3, -0.25) is 4.79 Å². The number of nitrogen functional groups attached to an aromatic ring is 1. The van der Waals surface area contributed by atoms with Crippen LogP contribution in [0.25, 0.3) is 0 Å². The Morgan fingerprint density at radius 3 is 2.65 bits per heavy atom. The topological polar surface area (TPSA) is 82.0 Å². The number of nitrogens with zero attached hydrogens (tertiary/aromatic N) is 1. The van der Waals surface area contributed by atoms with Gasteiger partial charge in [0, 0.05) is 30.6 Å². The normalized spacial score (nSPS) is 13.4. The number of carbonyl (C=O) groups is 1. The number of pyridine rings is 1. The minimum atomic E-state index is -0.132. The van der Waals surface area contributed by atoms with E-state index in [9.17, 15) is 4.79 Å². The van der Waals surface area contributed by atoms with Crippen molar-refractivity contribution in [3.63, 3.8) is 0 Å². The van der Waals surface area contributed by atoms with E-state index < -0.39 is 0 Å². The molecule has 0 saturated carbocycles. The Hall–Kier alpha value is -1.42. The second kappa shape index (κ2) is 5.27. The first-order valence-corrected chi connectivity index (χ1v) is 5.77. The summed E-state index contributed by atoms with van der Waals surface area (Å²) in [5, 5.41) is 0. The van der Waals surface area contributed by atoms with Crippen LogP contribution in [0, 0.1) is 5.41 Å². The zero-order valence-electron chi connectivity index (χ0n) is 10.7. The Labute approximate surface area is 102 Å². The molecule has 17 heavy (non-hydrogen) atoms. The summed E-state index contributed by atoms with van der Waals surface area (Å²) in [6.45, 7) is 6.09. The highest BCUT2D eigenvalue weighted by Crippen LogP contribution is 2.20. The van der Waals surface area contributed by atoms with E-state index in [0.29, 0.717) is 18.7 Å². The van der Waals surface area contributed by atoms with Crippen molar-refractivity contribution in [1.29, 1.82) is 0 Å². The Morgan fingerprint density at radius 2 is 2.12 bits per heavy atom. The number of rotatable bonds is 4. The van der Waals surface area contributed by atoms with Gasteiger partial charge in [-0.15, -0.1) is 0 Å². The third-order valence-corrected chi connectivity index (χ3v) is 2.87. The first-order valence-electron chi connectivity index (χ1n) is 5.77. The van der Waals surface area contributed by atoms with Gasteiger partial charge in [0.25, 0.3) is 0 Å². The van der Waals surface area contributed by atoms with Crippen molar-refractivity contribution < 1.29 is 4.79 Å². The quantitative estimate of drug-likeness (QED) is 0.829. The van der Waals surface area contributed by atoms with Crippen LogP contribution in [0.2, 0.25) is 0 Å². The SMILES string of the molecule is CC(C)(C)C(N)CC(=O)Cc1cccnc1N. The fourth-order valence-corrected chi connectivity index (χ4v) is 1.44. The van der Waals surface area contributed by atoms with Crippen molar-refractivity contribution in [1.82, 2.24) is 4.98 Å². The Kier molecular flexibility index (Phi) is 4.23. The number of Topliss-reactive ketones (excluding diaryl/α,β-unsaturated/α-hetero) is 1. The molecule has 1 heterocycles. The number of aromatic nitrogens is 1. The van der Waals surface area contributed by atoms with Crippen LogP contribution in [0.1, 0.15) is 32.8 Å². The van der Waals surface area contributed by atoms with E-state index in [1.165, 1.54) is 0 Å². The lowest BCUT2D eigenvalue weighted by Crippen LogP contribution is -2.37. The summed E-state index contributed by atoms with van der Waals surface area (Å²) in [6.07, 6.45) is 2.30. The Balaban J connectivity index is 2.60. The maximum absolute atomic E-state index is 11.9. The van der Waals surface area contributed by atoms with Crippen LogP contribution in [0.3, 0.4) is 0 Å². The molecule has 1 unspecified atom stereocenters. The maximum atomic E-state index is 11.9. The van der Waals surface area contributed by atoms with Crippen molar-refractivity contribution in [2.24, 2.45) is 11.1 Å². The fourth-order valence-electron chi connectivity index (χ4n) is 1.44. The van der Waals surface area contributed by atoms with Gasteiger partial charge in [-0.25, -0.2) is 4.98 Å². The molecule has 0 aliphatic heterocycles. The Morgan fingerprint density at radius 1 is 1.47 bits per heavy atom. The fraction of sp³-hybridized carbons (Fsp3) is 0.538. The zero-order valence-corrected chi connectivity index (χ0v) is 10.7. The third-order valence-electron chi connectivity index (χ3n) is 2.87. The molecule has 0 aliphatic rings. The van der Waals surface area contributed by atoms with Crippen molar-refractivity contribution in [2.75, 3.05) is 5.73 Å². The predicted octanol–water partition coefficient (Wildman–Crippen LogP) is 1.54. The molecule has 4 heteroatoms. The molecular weight excluding hydrogens is 214 g/mol. The molecule has 94 valence electrons. The van der Waals surface area contributed by atoms with E-state index in [1.807, 2.05) is 26.8 Å². The second-order valence-electron chi connectivity index (χ2n) is 5.44. The van der Waals surface area contributed by atoms with Crippen LogP contribution in [-0.2, 0) is 11.2 Å². The average molecular weight is 235 g/mol. The highest BCUT2D eigenvalue weighted by molar-refractivity contribution is 5.82. The van der Waals surface area contributed by atoms with Gasteiger partial charge in [0.05, 0.1) is 0 Å². The van der Waals surface area contributed by atoms with Crippen molar-refractivity contribution in [3.05, 3.63) is 23.9 Å². The molecule has 4 N–H and O–H groups in total. The van der Waals surface area contributed by atoms with Gasteiger partial charge < -0.3 is 11.5 Å². The van der Waals surface area contributed by atoms with Crippen LogP contribution in [0.15, 0.2) is 18.3 Å². The lowest BCUT2D eigenvalue weighted by Gasteiger charge is -2.26. The molecule has 1 atom stereocenters. The molecule has 0 radical (unpaired) electrons. The van der Waals surface area contributed by atoms with Crippen LogP contribution in [-0.4, -0.2) is 16.8 Å². The Bertz CT molecular complexity index is 396. The first kappa shape index (κ1) is 13.6. The number of nitrogens with two attached hydrogens (primary N) is 2. The maximum Gasteiger partial charge on any atom is 0.138 e. The van der Waals surface area contributed by atoms with Gasteiger partial charge in [-0.2, -0.15) is 0 Å². The predicted molar refractivity (Wildman–Crippen MR) is 69.4 cm³/mol. The minimum Gasteiger partial charge on any atom is -0.383 e. The smallest absolute Gasteiger partial charge is 0.138 e.